The van der Waals surface area contributed by atoms with Gasteiger partial charge in [-0.15, -0.1) is 0 Å². The SMILES string of the molecule is Cc1cc(=O)c(C(=O)Nc2cccc(C3(C)NC(=O)NC3=O)c2)nn1-c1cccc(C(F)(F)F)c1. The van der Waals surface area contributed by atoms with Gasteiger partial charge in [-0.3, -0.25) is 19.7 Å². The summed E-state index contributed by atoms with van der Waals surface area (Å²) in [6.45, 7) is 2.96. The Kier molecular flexibility index (Phi) is 5.67. The number of benzene rings is 2. The number of halogens is 3. The molecular weight excluding hydrogens is 467 g/mol. The Balaban J connectivity index is 1.66. The zero-order valence-corrected chi connectivity index (χ0v) is 18.4. The van der Waals surface area contributed by atoms with Crippen molar-refractivity contribution < 1.29 is 27.6 Å². The highest BCUT2D eigenvalue weighted by Crippen LogP contribution is 2.30. The molecule has 1 fully saturated rings. The number of amides is 4. The second-order valence-electron chi connectivity index (χ2n) is 8.03. The van der Waals surface area contributed by atoms with Gasteiger partial charge in [0, 0.05) is 17.4 Å². The number of hydrogen-bond acceptors (Lipinski definition) is 5. The normalized spacial score (nSPS) is 17.6. The average Bonchev–Trinajstić information content (AvgIpc) is 3.05. The summed E-state index contributed by atoms with van der Waals surface area (Å²) in [5, 5.41) is 11.1. The number of carbonyl (C=O) groups is 3. The van der Waals surface area contributed by atoms with Crippen molar-refractivity contribution in [1.82, 2.24) is 20.4 Å². The van der Waals surface area contributed by atoms with Crippen LogP contribution in [-0.4, -0.2) is 27.6 Å². The number of aryl methyl sites for hydroxylation is 1. The summed E-state index contributed by atoms with van der Waals surface area (Å²) in [5.41, 5.74) is -2.73. The van der Waals surface area contributed by atoms with Crippen molar-refractivity contribution in [1.29, 1.82) is 0 Å². The van der Waals surface area contributed by atoms with E-state index in [1.165, 1.54) is 44.2 Å². The number of rotatable bonds is 4. The lowest BCUT2D eigenvalue weighted by molar-refractivity contribution is -0.137. The summed E-state index contributed by atoms with van der Waals surface area (Å²) in [6, 6.07) is 10.8. The molecule has 0 aliphatic carbocycles. The monoisotopic (exact) mass is 485 g/mol. The van der Waals surface area contributed by atoms with Crippen LogP contribution in [0.5, 0.6) is 0 Å². The Hall–Kier alpha value is -4.48. The number of urea groups is 1. The van der Waals surface area contributed by atoms with Gasteiger partial charge >= 0.3 is 12.2 Å². The van der Waals surface area contributed by atoms with E-state index in [2.05, 4.69) is 21.0 Å². The minimum Gasteiger partial charge on any atom is -0.320 e. The third-order valence-electron chi connectivity index (χ3n) is 5.48. The molecule has 3 aromatic rings. The predicted molar refractivity (Wildman–Crippen MR) is 118 cm³/mol. The third kappa shape index (κ3) is 4.50. The lowest BCUT2D eigenvalue weighted by Crippen LogP contribution is -2.40. The molecule has 1 saturated heterocycles. The molecular formula is C23H18F3N5O4. The van der Waals surface area contributed by atoms with Gasteiger partial charge in [0.05, 0.1) is 11.3 Å². The number of imide groups is 1. The van der Waals surface area contributed by atoms with Crippen LogP contribution < -0.4 is 21.4 Å². The summed E-state index contributed by atoms with van der Waals surface area (Å²) in [4.78, 5) is 49.1. The molecule has 0 radical (unpaired) electrons. The van der Waals surface area contributed by atoms with Crippen molar-refractivity contribution >= 4 is 23.5 Å². The lowest BCUT2D eigenvalue weighted by atomic mass is 9.92. The second kappa shape index (κ2) is 8.38. The van der Waals surface area contributed by atoms with Crippen LogP contribution in [0.25, 0.3) is 5.69 Å². The van der Waals surface area contributed by atoms with Gasteiger partial charge in [-0.2, -0.15) is 18.3 Å². The van der Waals surface area contributed by atoms with E-state index in [1.807, 2.05) is 0 Å². The van der Waals surface area contributed by atoms with Crippen LogP contribution in [0.1, 0.15) is 34.2 Å². The summed E-state index contributed by atoms with van der Waals surface area (Å²) < 4.78 is 40.4. The zero-order chi connectivity index (χ0) is 25.5. The molecule has 4 amide bonds. The van der Waals surface area contributed by atoms with Gasteiger partial charge in [0.15, 0.2) is 5.69 Å². The average molecular weight is 485 g/mol. The molecule has 2 heterocycles. The molecule has 0 bridgehead atoms. The fourth-order valence-electron chi connectivity index (χ4n) is 3.62. The molecule has 1 unspecified atom stereocenters. The Bertz CT molecular complexity index is 1430. The second-order valence-corrected chi connectivity index (χ2v) is 8.03. The number of anilines is 1. The molecule has 180 valence electrons. The van der Waals surface area contributed by atoms with E-state index in [0.29, 0.717) is 5.56 Å². The standard InChI is InChI=1S/C23H18F3N5O4/c1-12-9-17(32)18(30-31(12)16-8-4-6-14(11-16)23(24,25)26)19(33)27-15-7-3-5-13(10-15)22(2)20(34)28-21(35)29-22/h3-11H,1-2H3,(H,27,33)(H2,28,29,34,35). The van der Waals surface area contributed by atoms with Crippen LogP contribution in [0.2, 0.25) is 0 Å². The van der Waals surface area contributed by atoms with E-state index in [1.54, 1.807) is 6.07 Å². The van der Waals surface area contributed by atoms with Crippen molar-refractivity contribution in [2.45, 2.75) is 25.6 Å². The molecule has 3 N–H and O–H groups in total. The highest BCUT2D eigenvalue weighted by Gasteiger charge is 2.43. The molecule has 4 rings (SSSR count). The molecule has 0 saturated carbocycles. The van der Waals surface area contributed by atoms with Gasteiger partial charge in [-0.05, 0) is 49.7 Å². The highest BCUT2D eigenvalue weighted by atomic mass is 19.4. The maximum Gasteiger partial charge on any atom is 0.416 e. The van der Waals surface area contributed by atoms with Gasteiger partial charge in [0.1, 0.15) is 5.54 Å². The summed E-state index contributed by atoms with van der Waals surface area (Å²) in [5.74, 6) is -1.48. The van der Waals surface area contributed by atoms with E-state index in [9.17, 15) is 32.3 Å². The minimum absolute atomic E-state index is 0.0179. The molecule has 1 aliphatic rings. The molecule has 1 atom stereocenters. The minimum atomic E-state index is -4.58. The fraction of sp³-hybridized carbons (Fsp3) is 0.174. The summed E-state index contributed by atoms with van der Waals surface area (Å²) in [6.07, 6.45) is -4.58. The number of hydrogen-bond donors (Lipinski definition) is 3. The smallest absolute Gasteiger partial charge is 0.320 e. The largest absolute Gasteiger partial charge is 0.416 e. The number of carbonyl (C=O) groups excluding carboxylic acids is 3. The molecule has 0 spiro atoms. The first-order chi connectivity index (χ1) is 16.4. The summed E-state index contributed by atoms with van der Waals surface area (Å²) in [7, 11) is 0. The van der Waals surface area contributed by atoms with Gasteiger partial charge in [-0.25, -0.2) is 9.48 Å². The molecule has 35 heavy (non-hydrogen) atoms. The molecule has 1 aromatic heterocycles. The maximum absolute atomic E-state index is 13.1. The van der Waals surface area contributed by atoms with E-state index in [4.69, 9.17) is 0 Å². The van der Waals surface area contributed by atoms with E-state index in [-0.39, 0.29) is 17.1 Å². The fourth-order valence-corrected chi connectivity index (χ4v) is 3.62. The summed E-state index contributed by atoms with van der Waals surface area (Å²) >= 11 is 0. The topological polar surface area (TPSA) is 122 Å². The van der Waals surface area contributed by atoms with Crippen LogP contribution in [-0.2, 0) is 16.5 Å². The van der Waals surface area contributed by atoms with Gasteiger partial charge in [-0.1, -0.05) is 18.2 Å². The van der Waals surface area contributed by atoms with Crippen LogP contribution in [0.15, 0.2) is 59.4 Å². The number of aromatic nitrogens is 2. The van der Waals surface area contributed by atoms with Gasteiger partial charge < -0.3 is 10.6 Å². The highest BCUT2D eigenvalue weighted by molar-refractivity contribution is 6.07. The van der Waals surface area contributed by atoms with Crippen LogP contribution >= 0.6 is 0 Å². The van der Waals surface area contributed by atoms with Crippen molar-refractivity contribution in [3.8, 4) is 5.69 Å². The van der Waals surface area contributed by atoms with Crippen molar-refractivity contribution in [3.05, 3.63) is 87.3 Å². The third-order valence-corrected chi connectivity index (χ3v) is 5.48. The van der Waals surface area contributed by atoms with Gasteiger partial charge in [0.25, 0.3) is 11.8 Å². The van der Waals surface area contributed by atoms with Crippen LogP contribution in [0.4, 0.5) is 23.7 Å². The Morgan fingerprint density at radius 3 is 2.43 bits per heavy atom. The lowest BCUT2D eigenvalue weighted by Gasteiger charge is -2.21. The first-order valence-electron chi connectivity index (χ1n) is 10.2. The quantitative estimate of drug-likeness (QED) is 0.491. The van der Waals surface area contributed by atoms with Crippen LogP contribution in [0.3, 0.4) is 0 Å². The first-order valence-corrected chi connectivity index (χ1v) is 10.2. The Morgan fingerprint density at radius 1 is 1.06 bits per heavy atom. The molecule has 12 heteroatoms. The van der Waals surface area contributed by atoms with Crippen molar-refractivity contribution in [2.24, 2.45) is 0 Å². The van der Waals surface area contributed by atoms with Crippen molar-refractivity contribution in [3.63, 3.8) is 0 Å². The Morgan fingerprint density at radius 2 is 1.77 bits per heavy atom. The Labute approximate surface area is 196 Å². The number of nitrogens with one attached hydrogen (secondary N) is 3. The molecule has 1 aliphatic heterocycles. The zero-order valence-electron chi connectivity index (χ0n) is 18.4. The van der Waals surface area contributed by atoms with Gasteiger partial charge in [0.2, 0.25) is 5.43 Å². The number of alkyl halides is 3. The van der Waals surface area contributed by atoms with E-state index >= 15 is 0 Å². The van der Waals surface area contributed by atoms with E-state index in [0.717, 1.165) is 22.9 Å². The van der Waals surface area contributed by atoms with Crippen LogP contribution in [0, 0.1) is 6.92 Å². The maximum atomic E-state index is 13.1. The molecule has 2 aromatic carbocycles. The van der Waals surface area contributed by atoms with E-state index < -0.39 is 46.2 Å². The molecule has 9 nitrogen and oxygen atoms in total. The first kappa shape index (κ1) is 23.7. The van der Waals surface area contributed by atoms with Crippen molar-refractivity contribution in [2.75, 3.05) is 5.32 Å². The number of nitrogens with zero attached hydrogens (tertiary/aromatic N) is 2. The predicted octanol–water partition coefficient (Wildman–Crippen LogP) is 2.87.